The first-order chi connectivity index (χ1) is 5.82. The van der Waals surface area contributed by atoms with Gasteiger partial charge in [-0.25, -0.2) is 0 Å². The van der Waals surface area contributed by atoms with Crippen LogP contribution in [-0.4, -0.2) is 9.67 Å². The summed E-state index contributed by atoms with van der Waals surface area (Å²) < 4.78 is 36.8. The quantitative estimate of drug-likeness (QED) is 0.670. The second-order valence-electron chi connectivity index (χ2n) is 2.50. The molecule has 1 heterocycles. The van der Waals surface area contributed by atoms with Crippen LogP contribution in [0, 0.1) is 0 Å². The highest BCUT2D eigenvalue weighted by molar-refractivity contribution is 5.23. The molecule has 0 bridgehead atoms. The van der Waals surface area contributed by atoms with Crippen LogP contribution in [0.1, 0.15) is 5.56 Å². The molecule has 6 heteroatoms. The van der Waals surface area contributed by atoms with Gasteiger partial charge in [-0.1, -0.05) is 0 Å². The van der Waals surface area contributed by atoms with Crippen LogP contribution in [0.2, 0.25) is 0 Å². The molecule has 0 amide bonds. The minimum Gasteiger partial charge on any atom is -0.494 e. The van der Waals surface area contributed by atoms with E-state index in [1.54, 1.807) is 0 Å². The molecule has 1 rings (SSSR count). The average Bonchev–Trinajstić information content (AvgIpc) is 1.97. The van der Waals surface area contributed by atoms with Crippen molar-refractivity contribution < 1.29 is 18.3 Å². The lowest BCUT2D eigenvalue weighted by Crippen LogP contribution is -2.19. The van der Waals surface area contributed by atoms with E-state index in [2.05, 4.69) is 0 Å². The molecule has 13 heavy (non-hydrogen) atoms. The summed E-state index contributed by atoms with van der Waals surface area (Å²) in [5.41, 5.74) is -2.04. The number of hydrogen-bond acceptors (Lipinski definition) is 2. The van der Waals surface area contributed by atoms with E-state index in [4.69, 9.17) is 5.11 Å². The van der Waals surface area contributed by atoms with Gasteiger partial charge in [-0.15, -0.1) is 0 Å². The molecule has 0 aliphatic carbocycles. The van der Waals surface area contributed by atoms with E-state index in [1.807, 2.05) is 0 Å². The second kappa shape index (κ2) is 2.79. The second-order valence-corrected chi connectivity index (χ2v) is 2.50. The molecule has 3 nitrogen and oxygen atoms in total. The minimum absolute atomic E-state index is 0.430. The molecule has 0 radical (unpaired) electrons. The Morgan fingerprint density at radius 2 is 1.92 bits per heavy atom. The van der Waals surface area contributed by atoms with E-state index in [0.29, 0.717) is 12.1 Å². The summed E-state index contributed by atoms with van der Waals surface area (Å²) in [7, 11) is 1.18. The fourth-order valence-electron chi connectivity index (χ4n) is 0.784. The predicted octanol–water partition coefficient (Wildman–Crippen LogP) is 1.11. The number of aromatic nitrogens is 1. The van der Waals surface area contributed by atoms with Crippen molar-refractivity contribution in [1.82, 2.24) is 4.57 Å². The number of nitrogens with zero attached hydrogens (tertiary/aromatic N) is 1. The largest absolute Gasteiger partial charge is 0.494 e. The number of hydrogen-bond donors (Lipinski definition) is 1. The third-order valence-corrected chi connectivity index (χ3v) is 1.57. The van der Waals surface area contributed by atoms with Crippen LogP contribution in [-0.2, 0) is 13.2 Å². The van der Waals surface area contributed by atoms with E-state index in [-0.39, 0.29) is 0 Å². The van der Waals surface area contributed by atoms with Gasteiger partial charge in [0.25, 0.3) is 5.56 Å². The van der Waals surface area contributed by atoms with Crippen LogP contribution in [0.3, 0.4) is 0 Å². The summed E-state index contributed by atoms with van der Waals surface area (Å²) in [4.78, 5) is 10.8. The van der Waals surface area contributed by atoms with Gasteiger partial charge in [0.15, 0.2) is 5.88 Å². The topological polar surface area (TPSA) is 42.2 Å². The van der Waals surface area contributed by atoms with Crippen LogP contribution >= 0.6 is 0 Å². The van der Waals surface area contributed by atoms with E-state index in [9.17, 15) is 18.0 Å². The highest BCUT2D eigenvalue weighted by Gasteiger charge is 2.31. The lowest BCUT2D eigenvalue weighted by molar-refractivity contribution is -0.137. The molecule has 0 aliphatic heterocycles. The number of alkyl halides is 3. The van der Waals surface area contributed by atoms with Crippen LogP contribution in [0.5, 0.6) is 5.88 Å². The van der Waals surface area contributed by atoms with Gasteiger partial charge in [-0.3, -0.25) is 9.36 Å². The molecule has 0 aliphatic rings. The van der Waals surface area contributed by atoms with Crippen molar-refractivity contribution in [3.05, 3.63) is 28.0 Å². The van der Waals surface area contributed by atoms with Gasteiger partial charge >= 0.3 is 6.18 Å². The maximum Gasteiger partial charge on any atom is 0.416 e. The Bertz CT molecular complexity index is 380. The fraction of sp³-hybridized carbons (Fsp3) is 0.286. The molecule has 1 aromatic heterocycles. The first kappa shape index (κ1) is 9.63. The molecule has 0 saturated carbocycles. The smallest absolute Gasteiger partial charge is 0.416 e. The van der Waals surface area contributed by atoms with Crippen molar-refractivity contribution in [1.29, 1.82) is 0 Å². The zero-order chi connectivity index (χ0) is 10.2. The molecule has 0 fully saturated rings. The van der Waals surface area contributed by atoms with Crippen LogP contribution in [0.25, 0.3) is 0 Å². The predicted molar refractivity (Wildman–Crippen MR) is 38.3 cm³/mol. The summed E-state index contributed by atoms with van der Waals surface area (Å²) in [6.07, 6.45) is -4.61. The van der Waals surface area contributed by atoms with Gasteiger partial charge in [0.05, 0.1) is 5.56 Å². The van der Waals surface area contributed by atoms with Crippen molar-refractivity contribution in [2.45, 2.75) is 6.18 Å². The van der Waals surface area contributed by atoms with Crippen molar-refractivity contribution in [2.24, 2.45) is 7.05 Å². The lowest BCUT2D eigenvalue weighted by Gasteiger charge is -2.07. The summed E-state index contributed by atoms with van der Waals surface area (Å²) in [6.45, 7) is 0. The van der Waals surface area contributed by atoms with Gasteiger partial charge in [0, 0.05) is 19.2 Å². The van der Waals surface area contributed by atoms with Crippen molar-refractivity contribution >= 4 is 0 Å². The summed E-state index contributed by atoms with van der Waals surface area (Å²) in [6, 6.07) is 0.932. The van der Waals surface area contributed by atoms with Gasteiger partial charge in [0.2, 0.25) is 0 Å². The van der Waals surface area contributed by atoms with Crippen molar-refractivity contribution in [3.8, 4) is 5.88 Å². The zero-order valence-electron chi connectivity index (χ0n) is 6.59. The van der Waals surface area contributed by atoms with E-state index < -0.39 is 23.2 Å². The molecule has 72 valence electrons. The minimum atomic E-state index is -4.61. The van der Waals surface area contributed by atoms with Gasteiger partial charge < -0.3 is 5.11 Å². The molecule has 0 unspecified atom stereocenters. The number of halogens is 3. The van der Waals surface area contributed by atoms with E-state index >= 15 is 0 Å². The molecule has 0 aromatic carbocycles. The average molecular weight is 193 g/mol. The van der Waals surface area contributed by atoms with Crippen molar-refractivity contribution in [3.63, 3.8) is 0 Å². The van der Waals surface area contributed by atoms with E-state index in [0.717, 1.165) is 4.57 Å². The van der Waals surface area contributed by atoms with E-state index in [1.165, 1.54) is 7.05 Å². The van der Waals surface area contributed by atoms with Gasteiger partial charge in [-0.05, 0) is 0 Å². The lowest BCUT2D eigenvalue weighted by atomic mass is 10.2. The fourth-order valence-corrected chi connectivity index (χ4v) is 0.784. The summed E-state index contributed by atoms with van der Waals surface area (Å²) >= 11 is 0. The first-order valence-electron chi connectivity index (χ1n) is 3.29. The molecule has 1 aromatic rings. The number of pyridine rings is 1. The van der Waals surface area contributed by atoms with Crippen LogP contribution in [0.4, 0.5) is 13.2 Å². The van der Waals surface area contributed by atoms with Crippen LogP contribution < -0.4 is 5.56 Å². The number of rotatable bonds is 0. The molecule has 0 saturated heterocycles. The summed E-state index contributed by atoms with van der Waals surface area (Å²) in [5.74, 6) is -0.708. The third kappa shape index (κ3) is 1.82. The highest BCUT2D eigenvalue weighted by Crippen LogP contribution is 2.29. The molecular weight excluding hydrogens is 187 g/mol. The van der Waals surface area contributed by atoms with Gasteiger partial charge in [0.1, 0.15) is 0 Å². The first-order valence-corrected chi connectivity index (χ1v) is 3.29. The third-order valence-electron chi connectivity index (χ3n) is 1.57. The Morgan fingerprint density at radius 3 is 2.31 bits per heavy atom. The monoisotopic (exact) mass is 193 g/mol. The molecule has 0 spiro atoms. The highest BCUT2D eigenvalue weighted by atomic mass is 19.4. The Morgan fingerprint density at radius 1 is 1.38 bits per heavy atom. The zero-order valence-corrected chi connectivity index (χ0v) is 6.59. The normalized spacial score (nSPS) is 11.7. The molecular formula is C7H6F3NO2. The number of aromatic hydroxyl groups is 1. The van der Waals surface area contributed by atoms with Crippen molar-refractivity contribution in [2.75, 3.05) is 0 Å². The standard InChI is InChI=1S/C7H6F3NO2/c1-11-5(12)2-4(3-6(11)13)7(8,9)10/h2-3,12H,1H3. The Labute approximate surface area is 71.0 Å². The maximum atomic E-state index is 12.0. The Balaban J connectivity index is 3.38. The maximum absolute atomic E-state index is 12.0. The summed E-state index contributed by atoms with van der Waals surface area (Å²) in [5, 5.41) is 8.91. The SMILES string of the molecule is Cn1c(O)cc(C(F)(F)F)cc1=O. The molecule has 1 N–H and O–H groups in total. The van der Waals surface area contributed by atoms with Crippen LogP contribution in [0.15, 0.2) is 16.9 Å². The van der Waals surface area contributed by atoms with Gasteiger partial charge in [-0.2, -0.15) is 13.2 Å². The Hall–Kier alpha value is -1.46. The Kier molecular flexibility index (Phi) is 2.07. The molecule has 0 atom stereocenters.